The van der Waals surface area contributed by atoms with E-state index in [4.69, 9.17) is 23.2 Å². The smallest absolute Gasteiger partial charge is 0.256 e. The van der Waals surface area contributed by atoms with Gasteiger partial charge < -0.3 is 5.32 Å². The third kappa shape index (κ3) is 3.58. The molecule has 0 saturated carbocycles. The van der Waals surface area contributed by atoms with Crippen LogP contribution in [0.1, 0.15) is 27.3 Å². The molecule has 27 heavy (non-hydrogen) atoms. The van der Waals surface area contributed by atoms with Crippen LogP contribution in [0.15, 0.2) is 42.0 Å². The second-order valence-electron chi connectivity index (χ2n) is 6.01. The molecule has 0 aliphatic carbocycles. The van der Waals surface area contributed by atoms with E-state index in [-0.39, 0.29) is 11.1 Å². The maximum Gasteiger partial charge on any atom is 0.256 e. The summed E-state index contributed by atoms with van der Waals surface area (Å²) in [6.07, 6.45) is 3.82. The van der Waals surface area contributed by atoms with Gasteiger partial charge in [-0.15, -0.1) is 11.3 Å². The van der Waals surface area contributed by atoms with Gasteiger partial charge >= 0.3 is 0 Å². The van der Waals surface area contributed by atoms with Gasteiger partial charge in [-0.25, -0.2) is 9.67 Å². The normalized spacial score (nSPS) is 11.2. The number of carbonyl (C=O) groups excluding carboxylic acids is 1. The molecule has 138 valence electrons. The summed E-state index contributed by atoms with van der Waals surface area (Å²) in [6.45, 7) is 2.47. The summed E-state index contributed by atoms with van der Waals surface area (Å²) in [7, 11) is 0. The molecule has 4 aromatic rings. The monoisotopic (exact) mass is 419 g/mol. The first-order valence-corrected chi connectivity index (χ1v) is 9.82. The van der Waals surface area contributed by atoms with Crippen LogP contribution in [0.2, 0.25) is 10.2 Å². The number of hydrogen-bond donors (Lipinski definition) is 1. The van der Waals surface area contributed by atoms with Crippen molar-refractivity contribution in [1.82, 2.24) is 24.5 Å². The van der Waals surface area contributed by atoms with Gasteiger partial charge in [0.05, 0.1) is 30.0 Å². The van der Waals surface area contributed by atoms with E-state index in [9.17, 15) is 4.79 Å². The van der Waals surface area contributed by atoms with E-state index in [1.165, 1.54) is 0 Å². The van der Waals surface area contributed by atoms with E-state index in [0.29, 0.717) is 29.4 Å². The molecule has 0 spiro atoms. The fourth-order valence-electron chi connectivity index (χ4n) is 2.82. The summed E-state index contributed by atoms with van der Waals surface area (Å²) < 4.78 is 3.51. The molecule has 1 N–H and O–H groups in total. The zero-order valence-electron chi connectivity index (χ0n) is 14.3. The Kier molecular flexibility index (Phi) is 4.90. The quantitative estimate of drug-likeness (QED) is 0.527. The lowest BCUT2D eigenvalue weighted by molar-refractivity contribution is 0.0950. The summed E-state index contributed by atoms with van der Waals surface area (Å²) in [4.78, 5) is 18.0. The van der Waals surface area contributed by atoms with Crippen molar-refractivity contribution in [2.75, 3.05) is 0 Å². The predicted octanol–water partition coefficient (Wildman–Crippen LogP) is 4.19. The zero-order chi connectivity index (χ0) is 19.0. The molecule has 0 saturated heterocycles. The topological polar surface area (TPSA) is 64.2 Å². The minimum Gasteiger partial charge on any atom is -0.346 e. The fourth-order valence-corrected chi connectivity index (χ4v) is 4.06. The number of carbonyl (C=O) groups is 1. The molecule has 3 heterocycles. The summed E-state index contributed by atoms with van der Waals surface area (Å²) >= 11 is 14.2. The molecule has 0 radical (unpaired) electrons. The minimum atomic E-state index is -0.278. The van der Waals surface area contributed by atoms with Crippen LogP contribution in [0.4, 0.5) is 0 Å². The molecule has 0 bridgehead atoms. The highest BCUT2D eigenvalue weighted by atomic mass is 35.5. The standard InChI is InChI=1S/C18H15Cl2N5OS/c1-11-15(16(20)25(23-11)9-12-4-2-3-5-14(12)19)17(26)21-8-13-10-24-6-7-27-18(24)22-13/h2-7,10H,8-9H2,1H3,(H,21,26). The average molecular weight is 420 g/mol. The first kappa shape index (κ1) is 18.0. The number of thiazole rings is 1. The number of hydrogen-bond acceptors (Lipinski definition) is 4. The Labute approximate surface area is 169 Å². The largest absolute Gasteiger partial charge is 0.346 e. The van der Waals surface area contributed by atoms with E-state index in [1.807, 2.05) is 46.4 Å². The highest BCUT2D eigenvalue weighted by Gasteiger charge is 2.21. The van der Waals surface area contributed by atoms with Gasteiger partial charge in [-0.05, 0) is 18.6 Å². The van der Waals surface area contributed by atoms with Crippen molar-refractivity contribution >= 4 is 45.4 Å². The van der Waals surface area contributed by atoms with Crippen molar-refractivity contribution < 1.29 is 4.79 Å². The number of halogens is 2. The van der Waals surface area contributed by atoms with Gasteiger partial charge in [0.1, 0.15) is 5.15 Å². The van der Waals surface area contributed by atoms with Gasteiger partial charge in [-0.2, -0.15) is 5.10 Å². The number of rotatable bonds is 5. The SMILES string of the molecule is Cc1nn(Cc2ccccc2Cl)c(Cl)c1C(=O)NCc1cn2ccsc2n1. The van der Waals surface area contributed by atoms with Crippen LogP contribution in [-0.4, -0.2) is 25.1 Å². The van der Waals surface area contributed by atoms with Crippen molar-refractivity contribution in [1.29, 1.82) is 0 Å². The van der Waals surface area contributed by atoms with E-state index < -0.39 is 0 Å². The fraction of sp³-hybridized carbons (Fsp3) is 0.167. The first-order chi connectivity index (χ1) is 13.0. The van der Waals surface area contributed by atoms with Crippen LogP contribution in [0.5, 0.6) is 0 Å². The molecular weight excluding hydrogens is 405 g/mol. The number of aryl methyl sites for hydroxylation is 1. The minimum absolute atomic E-state index is 0.278. The van der Waals surface area contributed by atoms with Gasteiger partial charge in [0.2, 0.25) is 0 Å². The Morgan fingerprint density at radius 1 is 1.30 bits per heavy atom. The molecule has 0 fully saturated rings. The number of amides is 1. The lowest BCUT2D eigenvalue weighted by Crippen LogP contribution is -2.23. The predicted molar refractivity (Wildman–Crippen MR) is 107 cm³/mol. The molecule has 4 rings (SSSR count). The molecule has 0 atom stereocenters. The summed E-state index contributed by atoms with van der Waals surface area (Å²) in [6, 6.07) is 7.47. The molecule has 0 aliphatic rings. The molecule has 3 aromatic heterocycles. The average Bonchev–Trinajstić information content (AvgIpc) is 3.29. The number of nitrogens with one attached hydrogen (secondary N) is 1. The van der Waals surface area contributed by atoms with Crippen LogP contribution in [-0.2, 0) is 13.1 Å². The Balaban J connectivity index is 1.51. The third-order valence-corrected chi connectivity index (χ3v) is 5.67. The molecule has 1 aromatic carbocycles. The highest BCUT2D eigenvalue weighted by Crippen LogP contribution is 2.23. The third-order valence-electron chi connectivity index (χ3n) is 4.14. The lowest BCUT2D eigenvalue weighted by Gasteiger charge is -2.06. The summed E-state index contributed by atoms with van der Waals surface area (Å²) in [5.41, 5.74) is 2.60. The van der Waals surface area contributed by atoms with Crippen molar-refractivity contribution in [3.8, 4) is 0 Å². The van der Waals surface area contributed by atoms with Crippen LogP contribution in [0, 0.1) is 6.92 Å². The van der Waals surface area contributed by atoms with Gasteiger partial charge in [0.15, 0.2) is 4.96 Å². The van der Waals surface area contributed by atoms with E-state index in [0.717, 1.165) is 16.2 Å². The second-order valence-corrected chi connectivity index (χ2v) is 7.65. The summed E-state index contributed by atoms with van der Waals surface area (Å²) in [5.74, 6) is -0.278. The van der Waals surface area contributed by atoms with Crippen molar-refractivity contribution in [2.24, 2.45) is 0 Å². The molecule has 0 unspecified atom stereocenters. The van der Waals surface area contributed by atoms with Gasteiger partial charge in [0, 0.05) is 22.8 Å². The number of imidazole rings is 1. The number of benzene rings is 1. The maximum atomic E-state index is 12.6. The number of aromatic nitrogens is 4. The Hall–Kier alpha value is -2.35. The van der Waals surface area contributed by atoms with Crippen molar-refractivity contribution in [2.45, 2.75) is 20.0 Å². The molecular formula is C18H15Cl2N5OS. The Morgan fingerprint density at radius 3 is 2.89 bits per heavy atom. The van der Waals surface area contributed by atoms with Crippen molar-refractivity contribution in [3.63, 3.8) is 0 Å². The summed E-state index contributed by atoms with van der Waals surface area (Å²) in [5, 5.41) is 10.1. The van der Waals surface area contributed by atoms with E-state index >= 15 is 0 Å². The van der Waals surface area contributed by atoms with Gasteiger partial charge in [0.25, 0.3) is 5.91 Å². The molecule has 6 nitrogen and oxygen atoms in total. The molecule has 0 aliphatic heterocycles. The van der Waals surface area contributed by atoms with Crippen LogP contribution >= 0.6 is 34.5 Å². The van der Waals surface area contributed by atoms with Crippen LogP contribution in [0.3, 0.4) is 0 Å². The van der Waals surface area contributed by atoms with E-state index in [1.54, 1.807) is 22.9 Å². The number of fused-ring (bicyclic) bond motifs is 1. The first-order valence-electron chi connectivity index (χ1n) is 8.18. The van der Waals surface area contributed by atoms with E-state index in [2.05, 4.69) is 15.4 Å². The number of nitrogens with zero attached hydrogens (tertiary/aromatic N) is 4. The highest BCUT2D eigenvalue weighted by molar-refractivity contribution is 7.15. The molecule has 1 amide bonds. The Bertz CT molecular complexity index is 1100. The Morgan fingerprint density at radius 2 is 2.11 bits per heavy atom. The van der Waals surface area contributed by atoms with Crippen LogP contribution < -0.4 is 5.32 Å². The maximum absolute atomic E-state index is 12.6. The second kappa shape index (κ2) is 7.34. The zero-order valence-corrected chi connectivity index (χ0v) is 16.6. The van der Waals surface area contributed by atoms with Gasteiger partial charge in [-0.1, -0.05) is 41.4 Å². The van der Waals surface area contributed by atoms with Gasteiger partial charge in [-0.3, -0.25) is 9.20 Å². The lowest BCUT2D eigenvalue weighted by atomic mass is 10.2. The van der Waals surface area contributed by atoms with Crippen molar-refractivity contribution in [3.05, 3.63) is 74.7 Å². The molecule has 9 heteroatoms. The van der Waals surface area contributed by atoms with Crippen LogP contribution in [0.25, 0.3) is 4.96 Å².